The van der Waals surface area contributed by atoms with Gasteiger partial charge in [-0.2, -0.15) is 4.99 Å². The first-order chi connectivity index (χ1) is 13.1. The van der Waals surface area contributed by atoms with E-state index >= 15 is 0 Å². The molecule has 2 aromatic carbocycles. The van der Waals surface area contributed by atoms with Crippen molar-refractivity contribution in [2.45, 2.75) is 6.54 Å². The highest BCUT2D eigenvalue weighted by atomic mass is 79.9. The molecule has 142 valence electrons. The lowest BCUT2D eigenvalue weighted by Crippen LogP contribution is -2.19. The van der Waals surface area contributed by atoms with Crippen LogP contribution < -0.4 is 14.3 Å². The normalized spacial score (nSPS) is 11.8. The van der Waals surface area contributed by atoms with Gasteiger partial charge in [0.15, 0.2) is 16.3 Å². The average molecular weight is 451 g/mol. The number of amides is 1. The van der Waals surface area contributed by atoms with Crippen LogP contribution in [-0.2, 0) is 11.3 Å². The number of carbonyl (C=O) groups excluding carboxylic acids is 1. The molecule has 0 N–H and O–H groups in total. The van der Waals surface area contributed by atoms with Crippen LogP contribution >= 0.6 is 27.3 Å². The highest BCUT2D eigenvalue weighted by Gasteiger charge is 2.12. The number of halogens is 1. The maximum atomic E-state index is 12.7. The minimum absolute atomic E-state index is 0.340. The van der Waals surface area contributed by atoms with Gasteiger partial charge in [0.05, 0.1) is 31.0 Å². The Morgan fingerprint density at radius 3 is 2.59 bits per heavy atom. The van der Waals surface area contributed by atoms with Gasteiger partial charge in [-0.1, -0.05) is 27.3 Å². The third-order valence-electron chi connectivity index (χ3n) is 3.99. The number of rotatable bonds is 6. The summed E-state index contributed by atoms with van der Waals surface area (Å²) < 4.78 is 19.7. The standard InChI is InChI=1S/C19H19BrN2O4S/c1-24-9-8-22-14-6-5-13(20)11-17(14)27-19(22)21-18(23)12-4-7-15(25-2)16(10-12)26-3/h4-7,10-11H,8-9H2,1-3H3. The zero-order valence-electron chi connectivity index (χ0n) is 15.2. The first kappa shape index (κ1) is 19.6. The van der Waals surface area contributed by atoms with Crippen molar-refractivity contribution >= 4 is 43.4 Å². The van der Waals surface area contributed by atoms with E-state index < -0.39 is 0 Å². The number of methoxy groups -OCH3 is 3. The van der Waals surface area contributed by atoms with Gasteiger partial charge in [0.2, 0.25) is 0 Å². The highest BCUT2D eigenvalue weighted by Crippen LogP contribution is 2.28. The van der Waals surface area contributed by atoms with E-state index in [1.807, 2.05) is 22.8 Å². The Kier molecular flexibility index (Phi) is 6.30. The second-order valence-corrected chi connectivity index (χ2v) is 7.55. The van der Waals surface area contributed by atoms with Crippen molar-refractivity contribution in [2.75, 3.05) is 27.9 Å². The Morgan fingerprint density at radius 1 is 1.11 bits per heavy atom. The van der Waals surface area contributed by atoms with Crippen molar-refractivity contribution in [3.63, 3.8) is 0 Å². The maximum absolute atomic E-state index is 12.7. The van der Waals surface area contributed by atoms with Gasteiger partial charge in [0.1, 0.15) is 0 Å². The molecule has 0 aliphatic heterocycles. The predicted molar refractivity (Wildman–Crippen MR) is 109 cm³/mol. The van der Waals surface area contributed by atoms with Gasteiger partial charge in [-0.25, -0.2) is 0 Å². The Morgan fingerprint density at radius 2 is 1.89 bits per heavy atom. The maximum Gasteiger partial charge on any atom is 0.279 e. The molecule has 8 heteroatoms. The van der Waals surface area contributed by atoms with E-state index in [1.54, 1.807) is 32.4 Å². The van der Waals surface area contributed by atoms with Crippen molar-refractivity contribution in [1.82, 2.24) is 4.57 Å². The summed E-state index contributed by atoms with van der Waals surface area (Å²) in [4.78, 5) is 17.7. The van der Waals surface area contributed by atoms with E-state index in [2.05, 4.69) is 20.9 Å². The Labute approximate surface area is 169 Å². The quantitative estimate of drug-likeness (QED) is 0.571. The first-order valence-electron chi connectivity index (χ1n) is 8.16. The molecule has 0 unspecified atom stereocenters. The molecule has 1 aromatic heterocycles. The lowest BCUT2D eigenvalue weighted by Gasteiger charge is -2.08. The number of aromatic nitrogens is 1. The topological polar surface area (TPSA) is 62.1 Å². The smallest absolute Gasteiger partial charge is 0.279 e. The summed E-state index contributed by atoms with van der Waals surface area (Å²) in [5.41, 5.74) is 1.45. The SMILES string of the molecule is COCCn1c(=NC(=O)c2ccc(OC)c(OC)c2)sc2cc(Br)ccc21. The first-order valence-corrected chi connectivity index (χ1v) is 9.77. The van der Waals surface area contributed by atoms with Crippen molar-refractivity contribution < 1.29 is 19.0 Å². The van der Waals surface area contributed by atoms with Crippen LogP contribution in [0.3, 0.4) is 0 Å². The zero-order chi connectivity index (χ0) is 19.4. The van der Waals surface area contributed by atoms with Crippen molar-refractivity contribution in [3.8, 4) is 11.5 Å². The summed E-state index contributed by atoms with van der Waals surface area (Å²) in [6, 6.07) is 11.0. The van der Waals surface area contributed by atoms with E-state index in [0.717, 1.165) is 14.7 Å². The van der Waals surface area contributed by atoms with Crippen LogP contribution in [0.2, 0.25) is 0 Å². The summed E-state index contributed by atoms with van der Waals surface area (Å²) in [6.45, 7) is 1.13. The molecular weight excluding hydrogens is 432 g/mol. The van der Waals surface area contributed by atoms with Gasteiger partial charge in [0.25, 0.3) is 5.91 Å². The van der Waals surface area contributed by atoms with E-state index in [-0.39, 0.29) is 5.91 Å². The van der Waals surface area contributed by atoms with Gasteiger partial charge in [-0.15, -0.1) is 0 Å². The molecule has 0 aliphatic rings. The number of fused-ring (bicyclic) bond motifs is 1. The Balaban J connectivity index is 2.07. The molecule has 0 fully saturated rings. The second-order valence-electron chi connectivity index (χ2n) is 5.63. The van der Waals surface area contributed by atoms with Crippen molar-refractivity contribution in [2.24, 2.45) is 4.99 Å². The third kappa shape index (κ3) is 4.23. The Bertz CT molecular complexity index is 1040. The van der Waals surface area contributed by atoms with E-state index in [9.17, 15) is 4.79 Å². The molecule has 3 rings (SSSR count). The van der Waals surface area contributed by atoms with Crippen LogP contribution in [0, 0.1) is 0 Å². The average Bonchev–Trinajstić information content (AvgIpc) is 3.01. The molecule has 0 bridgehead atoms. The second kappa shape index (κ2) is 8.69. The van der Waals surface area contributed by atoms with E-state index in [4.69, 9.17) is 14.2 Å². The van der Waals surface area contributed by atoms with Gasteiger partial charge in [-0.3, -0.25) is 4.79 Å². The van der Waals surface area contributed by atoms with E-state index in [0.29, 0.717) is 35.0 Å². The van der Waals surface area contributed by atoms with Crippen LogP contribution in [0.15, 0.2) is 45.9 Å². The summed E-state index contributed by atoms with van der Waals surface area (Å²) in [6.07, 6.45) is 0. The molecule has 0 spiro atoms. The number of benzene rings is 2. The molecule has 6 nitrogen and oxygen atoms in total. The molecule has 27 heavy (non-hydrogen) atoms. The summed E-state index contributed by atoms with van der Waals surface area (Å²) in [7, 11) is 4.74. The van der Waals surface area contributed by atoms with Gasteiger partial charge in [-0.05, 0) is 36.4 Å². The lowest BCUT2D eigenvalue weighted by molar-refractivity contribution is 0.0997. The van der Waals surface area contributed by atoms with Crippen LogP contribution in [0.25, 0.3) is 10.2 Å². The molecule has 0 radical (unpaired) electrons. The molecule has 0 saturated heterocycles. The number of hydrogen-bond donors (Lipinski definition) is 0. The largest absolute Gasteiger partial charge is 0.493 e. The fourth-order valence-corrected chi connectivity index (χ4v) is 4.26. The highest BCUT2D eigenvalue weighted by molar-refractivity contribution is 9.10. The van der Waals surface area contributed by atoms with Crippen LogP contribution in [0.4, 0.5) is 0 Å². The fourth-order valence-electron chi connectivity index (χ4n) is 2.65. The van der Waals surface area contributed by atoms with Crippen LogP contribution in [0.1, 0.15) is 10.4 Å². The monoisotopic (exact) mass is 450 g/mol. The van der Waals surface area contributed by atoms with Gasteiger partial charge in [0, 0.05) is 23.7 Å². The number of carbonyl (C=O) groups is 1. The van der Waals surface area contributed by atoms with Gasteiger partial charge >= 0.3 is 0 Å². The molecule has 3 aromatic rings. The molecule has 0 saturated carbocycles. The number of nitrogens with zero attached hydrogens (tertiary/aromatic N) is 2. The summed E-state index contributed by atoms with van der Waals surface area (Å²) in [5.74, 6) is 0.717. The minimum Gasteiger partial charge on any atom is -0.493 e. The van der Waals surface area contributed by atoms with Gasteiger partial charge < -0.3 is 18.8 Å². The molecule has 0 aliphatic carbocycles. The summed E-state index contributed by atoms with van der Waals surface area (Å²) in [5, 5.41) is 0. The third-order valence-corrected chi connectivity index (χ3v) is 5.53. The number of thiazole rings is 1. The minimum atomic E-state index is -0.340. The van der Waals surface area contributed by atoms with Crippen LogP contribution in [0.5, 0.6) is 11.5 Å². The molecule has 1 heterocycles. The molecular formula is C19H19BrN2O4S. The molecule has 1 amide bonds. The predicted octanol–water partition coefficient (Wildman–Crippen LogP) is 3.87. The van der Waals surface area contributed by atoms with Crippen molar-refractivity contribution in [3.05, 3.63) is 51.2 Å². The van der Waals surface area contributed by atoms with Crippen molar-refractivity contribution in [1.29, 1.82) is 0 Å². The zero-order valence-corrected chi connectivity index (χ0v) is 17.6. The Hall–Kier alpha value is -2.16. The molecule has 0 atom stereocenters. The lowest BCUT2D eigenvalue weighted by atomic mass is 10.2. The summed E-state index contributed by atoms with van der Waals surface area (Å²) >= 11 is 4.95. The fraction of sp³-hybridized carbons (Fsp3) is 0.263. The number of ether oxygens (including phenoxy) is 3. The van der Waals surface area contributed by atoms with Crippen LogP contribution in [-0.4, -0.2) is 38.4 Å². The number of hydrogen-bond acceptors (Lipinski definition) is 5. The van der Waals surface area contributed by atoms with E-state index in [1.165, 1.54) is 18.4 Å².